The molecule has 17 heavy (non-hydrogen) atoms. The Kier molecular flexibility index (Phi) is 7.92. The third-order valence-electron chi connectivity index (χ3n) is 4.49. The lowest BCUT2D eigenvalue weighted by Crippen LogP contribution is -2.33. The van der Waals surface area contributed by atoms with Crippen LogP contribution in [0.5, 0.6) is 0 Å². The molecule has 2 unspecified atom stereocenters. The normalized spacial score (nSPS) is 19.2. The molecule has 1 nitrogen and oxygen atoms in total. The van der Waals surface area contributed by atoms with Crippen LogP contribution >= 0.6 is 0 Å². The Morgan fingerprint density at radius 2 is 1.59 bits per heavy atom. The molecule has 1 aliphatic rings. The van der Waals surface area contributed by atoms with E-state index < -0.39 is 0 Å². The minimum Gasteiger partial charge on any atom is -0.317 e. The number of nitrogens with one attached hydrogen (secondary N) is 1. The van der Waals surface area contributed by atoms with E-state index in [0.29, 0.717) is 0 Å². The van der Waals surface area contributed by atoms with Gasteiger partial charge in [-0.05, 0) is 38.1 Å². The van der Waals surface area contributed by atoms with Crippen molar-refractivity contribution in [3.8, 4) is 0 Å². The van der Waals surface area contributed by atoms with Crippen molar-refractivity contribution in [2.75, 3.05) is 7.05 Å². The fourth-order valence-corrected chi connectivity index (χ4v) is 2.94. The highest BCUT2D eigenvalue weighted by Gasteiger charge is 2.32. The predicted molar refractivity (Wildman–Crippen MR) is 77.3 cm³/mol. The van der Waals surface area contributed by atoms with Gasteiger partial charge in [0, 0.05) is 6.04 Å². The number of hydrogen-bond acceptors (Lipinski definition) is 1. The average molecular weight is 239 g/mol. The summed E-state index contributed by atoms with van der Waals surface area (Å²) in [5.74, 6) is 1.94. The van der Waals surface area contributed by atoms with Gasteiger partial charge >= 0.3 is 0 Å². The molecule has 0 radical (unpaired) electrons. The van der Waals surface area contributed by atoms with Crippen LogP contribution in [0.1, 0.15) is 78.1 Å². The molecule has 1 saturated carbocycles. The molecule has 1 fully saturated rings. The van der Waals surface area contributed by atoms with E-state index in [9.17, 15) is 0 Å². The Labute approximate surface area is 109 Å². The largest absolute Gasteiger partial charge is 0.317 e. The minimum atomic E-state index is 0.776. The topological polar surface area (TPSA) is 12.0 Å². The lowest BCUT2D eigenvalue weighted by molar-refractivity contribution is 0.332. The molecule has 2 atom stereocenters. The number of hydrogen-bond donors (Lipinski definition) is 1. The summed E-state index contributed by atoms with van der Waals surface area (Å²) in [7, 11) is 2.14. The van der Waals surface area contributed by atoms with Crippen molar-refractivity contribution in [3.63, 3.8) is 0 Å². The molecule has 0 heterocycles. The molecular weight excluding hydrogens is 206 g/mol. The molecule has 102 valence electrons. The summed E-state index contributed by atoms with van der Waals surface area (Å²) in [5.41, 5.74) is 0. The molecule has 1 rings (SSSR count). The van der Waals surface area contributed by atoms with Crippen molar-refractivity contribution in [1.82, 2.24) is 5.32 Å². The van der Waals surface area contributed by atoms with E-state index in [-0.39, 0.29) is 0 Å². The summed E-state index contributed by atoms with van der Waals surface area (Å²) >= 11 is 0. The summed E-state index contributed by atoms with van der Waals surface area (Å²) in [6.07, 6.45) is 14.4. The fourth-order valence-electron chi connectivity index (χ4n) is 2.94. The molecule has 1 heteroatoms. The van der Waals surface area contributed by atoms with Crippen LogP contribution in [0.15, 0.2) is 0 Å². The van der Waals surface area contributed by atoms with Crippen LogP contribution < -0.4 is 5.32 Å². The van der Waals surface area contributed by atoms with Gasteiger partial charge in [0.15, 0.2) is 0 Å². The molecule has 0 amide bonds. The molecular formula is C16H33N. The Morgan fingerprint density at radius 1 is 1.00 bits per heavy atom. The molecule has 1 N–H and O–H groups in total. The summed E-state index contributed by atoms with van der Waals surface area (Å²) in [6.45, 7) is 4.73. The van der Waals surface area contributed by atoms with Crippen LogP contribution in [0.3, 0.4) is 0 Å². The van der Waals surface area contributed by atoms with Gasteiger partial charge in [-0.1, -0.05) is 58.8 Å². The summed E-state index contributed by atoms with van der Waals surface area (Å²) in [6, 6.07) is 0.776. The van der Waals surface area contributed by atoms with Gasteiger partial charge in [0.1, 0.15) is 0 Å². The van der Waals surface area contributed by atoms with Gasteiger partial charge in [0.2, 0.25) is 0 Å². The van der Waals surface area contributed by atoms with Gasteiger partial charge in [-0.25, -0.2) is 0 Å². The van der Waals surface area contributed by atoms with E-state index in [4.69, 9.17) is 0 Å². The Bertz CT molecular complexity index is 174. The van der Waals surface area contributed by atoms with Crippen LogP contribution in [-0.4, -0.2) is 13.1 Å². The molecule has 0 aromatic rings. The van der Waals surface area contributed by atoms with Gasteiger partial charge in [-0.2, -0.15) is 0 Å². The molecule has 0 aromatic heterocycles. The van der Waals surface area contributed by atoms with E-state index in [1.54, 1.807) is 0 Å². The maximum atomic E-state index is 3.53. The first-order valence-electron chi connectivity index (χ1n) is 7.96. The van der Waals surface area contributed by atoms with Crippen LogP contribution in [-0.2, 0) is 0 Å². The SMILES string of the molecule is CCCCCCCCCC(NC)C(C)C1CC1. The van der Waals surface area contributed by atoms with Crippen molar-refractivity contribution in [1.29, 1.82) is 0 Å². The maximum Gasteiger partial charge on any atom is 0.00923 e. The van der Waals surface area contributed by atoms with Crippen LogP contribution in [0, 0.1) is 11.8 Å². The summed E-state index contributed by atoms with van der Waals surface area (Å²) in [4.78, 5) is 0. The smallest absolute Gasteiger partial charge is 0.00923 e. The second-order valence-electron chi connectivity index (χ2n) is 6.00. The molecule has 0 aliphatic heterocycles. The summed E-state index contributed by atoms with van der Waals surface area (Å²) < 4.78 is 0. The van der Waals surface area contributed by atoms with E-state index in [1.165, 1.54) is 64.2 Å². The first kappa shape index (κ1) is 15.0. The fraction of sp³-hybridized carbons (Fsp3) is 1.00. The monoisotopic (exact) mass is 239 g/mol. The first-order valence-corrected chi connectivity index (χ1v) is 7.96. The van der Waals surface area contributed by atoms with Crippen molar-refractivity contribution in [3.05, 3.63) is 0 Å². The van der Waals surface area contributed by atoms with Gasteiger partial charge in [0.05, 0.1) is 0 Å². The second-order valence-corrected chi connectivity index (χ2v) is 6.00. The molecule has 0 bridgehead atoms. The zero-order valence-electron chi connectivity index (χ0n) is 12.3. The van der Waals surface area contributed by atoms with Crippen molar-refractivity contribution in [2.45, 2.75) is 84.1 Å². The molecule has 0 aromatic carbocycles. The third kappa shape index (κ3) is 6.45. The Balaban J connectivity index is 1.95. The van der Waals surface area contributed by atoms with Crippen molar-refractivity contribution >= 4 is 0 Å². The standard InChI is InChI=1S/C16H33N/c1-4-5-6-7-8-9-10-11-16(17-3)14(2)15-12-13-15/h14-17H,4-13H2,1-3H3. The molecule has 1 aliphatic carbocycles. The molecule has 0 spiro atoms. The van der Waals surface area contributed by atoms with Crippen LogP contribution in [0.2, 0.25) is 0 Å². The van der Waals surface area contributed by atoms with Gasteiger partial charge in [-0.3, -0.25) is 0 Å². The third-order valence-corrected chi connectivity index (χ3v) is 4.49. The van der Waals surface area contributed by atoms with Crippen LogP contribution in [0.4, 0.5) is 0 Å². The van der Waals surface area contributed by atoms with E-state index in [0.717, 1.165) is 17.9 Å². The van der Waals surface area contributed by atoms with E-state index in [2.05, 4.69) is 26.2 Å². The Morgan fingerprint density at radius 3 is 2.12 bits per heavy atom. The molecule has 0 saturated heterocycles. The van der Waals surface area contributed by atoms with E-state index >= 15 is 0 Å². The highest BCUT2D eigenvalue weighted by molar-refractivity contribution is 4.85. The lowest BCUT2D eigenvalue weighted by Gasteiger charge is -2.23. The number of rotatable bonds is 11. The first-order chi connectivity index (χ1) is 8.29. The number of unbranched alkanes of at least 4 members (excludes halogenated alkanes) is 6. The van der Waals surface area contributed by atoms with Gasteiger partial charge in [-0.15, -0.1) is 0 Å². The van der Waals surface area contributed by atoms with Gasteiger partial charge < -0.3 is 5.32 Å². The Hall–Kier alpha value is -0.0400. The zero-order chi connectivity index (χ0) is 12.5. The highest BCUT2D eigenvalue weighted by atomic mass is 14.9. The lowest BCUT2D eigenvalue weighted by atomic mass is 9.92. The zero-order valence-corrected chi connectivity index (χ0v) is 12.3. The predicted octanol–water partition coefficient (Wildman–Crippen LogP) is 4.76. The quantitative estimate of drug-likeness (QED) is 0.513. The van der Waals surface area contributed by atoms with Crippen molar-refractivity contribution < 1.29 is 0 Å². The minimum absolute atomic E-state index is 0.776. The van der Waals surface area contributed by atoms with E-state index in [1.807, 2.05) is 0 Å². The van der Waals surface area contributed by atoms with Crippen molar-refractivity contribution in [2.24, 2.45) is 11.8 Å². The van der Waals surface area contributed by atoms with Crippen LogP contribution in [0.25, 0.3) is 0 Å². The average Bonchev–Trinajstić information content (AvgIpc) is 3.16. The summed E-state index contributed by atoms with van der Waals surface area (Å²) in [5, 5.41) is 3.53. The highest BCUT2D eigenvalue weighted by Crippen LogP contribution is 2.39. The second kappa shape index (κ2) is 8.97. The maximum absolute atomic E-state index is 3.53. The van der Waals surface area contributed by atoms with Gasteiger partial charge in [0.25, 0.3) is 0 Å².